The summed E-state index contributed by atoms with van der Waals surface area (Å²) in [5.74, 6) is -1.04. The largest absolute Gasteiger partial charge is 0.464 e. The maximum Gasteiger partial charge on any atom is 0.359 e. The van der Waals surface area contributed by atoms with Gasteiger partial charge in [0.1, 0.15) is 0 Å². The highest BCUT2D eigenvalue weighted by Crippen LogP contribution is 2.23. The lowest BCUT2D eigenvalue weighted by Gasteiger charge is -2.02. The summed E-state index contributed by atoms with van der Waals surface area (Å²) in [7, 11) is 1.34. The predicted molar refractivity (Wildman–Crippen MR) is 153 cm³/mol. The van der Waals surface area contributed by atoms with Gasteiger partial charge in [-0.1, -0.05) is 44.0 Å². The van der Waals surface area contributed by atoms with Gasteiger partial charge >= 0.3 is 5.97 Å². The van der Waals surface area contributed by atoms with E-state index in [0.29, 0.717) is 22.1 Å². The Bertz CT molecular complexity index is 1850. The molecular weight excluding hydrogens is 630 g/mol. The predicted octanol–water partition coefficient (Wildman–Crippen LogP) is 5.25. The number of primary amides is 1. The molecule has 10 nitrogen and oxygen atoms in total. The second-order valence-electron chi connectivity index (χ2n) is 8.09. The number of halogens is 2. The second-order valence-corrected chi connectivity index (χ2v) is 9.92. The van der Waals surface area contributed by atoms with Crippen LogP contribution in [0.3, 0.4) is 0 Å². The zero-order chi connectivity index (χ0) is 27.5. The highest BCUT2D eigenvalue weighted by molar-refractivity contribution is 9.10. The number of nitrogens with two attached hydrogens (primary N) is 1. The average molecular weight is 649 g/mol. The van der Waals surface area contributed by atoms with Crippen LogP contribution in [0.5, 0.6) is 0 Å². The van der Waals surface area contributed by atoms with E-state index in [-0.39, 0.29) is 11.4 Å². The Morgan fingerprint density at radius 3 is 1.69 bits per heavy atom. The average Bonchev–Trinajstić information content (AvgIpc) is 3.53. The molecule has 39 heavy (non-hydrogen) atoms. The number of hydrogen-bond acceptors (Lipinski definition) is 7. The Labute approximate surface area is 238 Å². The van der Waals surface area contributed by atoms with Gasteiger partial charge in [-0.2, -0.15) is 10.2 Å². The number of hydrogen-bond donors (Lipinski definition) is 1. The topological polar surface area (TPSA) is 131 Å². The lowest BCUT2D eigenvalue weighted by Crippen LogP contribution is -2.12. The van der Waals surface area contributed by atoms with Gasteiger partial charge in [0.2, 0.25) is 0 Å². The third-order valence-electron chi connectivity index (χ3n) is 5.60. The summed E-state index contributed by atoms with van der Waals surface area (Å²) in [4.78, 5) is 31.8. The molecule has 194 valence electrons. The van der Waals surface area contributed by atoms with Gasteiger partial charge in [0.05, 0.1) is 29.3 Å². The first-order valence-electron chi connectivity index (χ1n) is 11.4. The molecule has 0 spiro atoms. The molecular formula is C27H19Br2N7O3. The molecule has 12 heteroatoms. The minimum atomic E-state index is -0.563. The number of amides is 1. The number of carbonyl (C=O) groups is 2. The van der Waals surface area contributed by atoms with Crippen molar-refractivity contribution in [2.75, 3.05) is 7.11 Å². The first kappa shape index (κ1) is 26.2. The molecule has 4 heterocycles. The molecule has 0 saturated heterocycles. The van der Waals surface area contributed by atoms with E-state index in [1.54, 1.807) is 46.0 Å². The van der Waals surface area contributed by atoms with Crippen molar-refractivity contribution in [1.29, 1.82) is 0 Å². The number of aromatic nitrogens is 6. The first-order chi connectivity index (χ1) is 18.9. The number of nitrogens with zero attached hydrogens (tertiary/aromatic N) is 6. The molecule has 1 amide bonds. The SMILES string of the molecule is COC(=O)c1nn(-c2cccc(Br)c2)c2ncccc12.NC(=O)c1nn(-c2cccc(Br)c2)c2ncccc12. The second kappa shape index (κ2) is 11.1. The minimum Gasteiger partial charge on any atom is -0.464 e. The van der Waals surface area contributed by atoms with Crippen molar-refractivity contribution in [2.45, 2.75) is 0 Å². The normalized spacial score (nSPS) is 10.7. The molecule has 2 aromatic carbocycles. The van der Waals surface area contributed by atoms with Crippen LogP contribution in [-0.2, 0) is 4.74 Å². The molecule has 0 aliphatic heterocycles. The highest BCUT2D eigenvalue weighted by Gasteiger charge is 2.19. The number of fused-ring (bicyclic) bond motifs is 2. The van der Waals surface area contributed by atoms with Crippen molar-refractivity contribution < 1.29 is 14.3 Å². The van der Waals surface area contributed by atoms with Crippen molar-refractivity contribution in [3.63, 3.8) is 0 Å². The summed E-state index contributed by atoms with van der Waals surface area (Å²) < 4.78 is 9.85. The van der Waals surface area contributed by atoms with E-state index in [4.69, 9.17) is 10.5 Å². The molecule has 0 radical (unpaired) electrons. The van der Waals surface area contributed by atoms with Crippen molar-refractivity contribution >= 4 is 65.8 Å². The third kappa shape index (κ3) is 5.29. The molecule has 0 atom stereocenters. The number of methoxy groups -OCH3 is 1. The number of rotatable bonds is 4. The van der Waals surface area contributed by atoms with Gasteiger partial charge in [-0.3, -0.25) is 4.79 Å². The number of carbonyl (C=O) groups excluding carboxylic acids is 2. The van der Waals surface area contributed by atoms with Crippen molar-refractivity contribution in [2.24, 2.45) is 5.73 Å². The third-order valence-corrected chi connectivity index (χ3v) is 6.59. The van der Waals surface area contributed by atoms with Gasteiger partial charge in [0.15, 0.2) is 22.7 Å². The van der Waals surface area contributed by atoms with Crippen LogP contribution in [0.4, 0.5) is 0 Å². The van der Waals surface area contributed by atoms with E-state index in [1.807, 2.05) is 48.5 Å². The van der Waals surface area contributed by atoms with Gasteiger partial charge < -0.3 is 10.5 Å². The number of esters is 1. The molecule has 0 aliphatic carbocycles. The lowest BCUT2D eigenvalue weighted by atomic mass is 10.2. The number of pyridine rings is 2. The van der Waals surface area contributed by atoms with Crippen molar-refractivity contribution in [1.82, 2.24) is 29.5 Å². The summed E-state index contributed by atoms with van der Waals surface area (Å²) in [5, 5.41) is 9.90. The molecule has 0 aliphatic rings. The van der Waals surface area contributed by atoms with Crippen LogP contribution in [0.1, 0.15) is 21.0 Å². The van der Waals surface area contributed by atoms with Crippen LogP contribution in [0.25, 0.3) is 33.4 Å². The Kier molecular flexibility index (Phi) is 7.48. The van der Waals surface area contributed by atoms with Crippen LogP contribution in [-0.4, -0.2) is 48.5 Å². The zero-order valence-corrected chi connectivity index (χ0v) is 23.5. The Morgan fingerprint density at radius 2 is 1.23 bits per heavy atom. The fourth-order valence-electron chi connectivity index (χ4n) is 3.91. The van der Waals surface area contributed by atoms with Crippen LogP contribution in [0, 0.1) is 0 Å². The number of ether oxygens (including phenoxy) is 1. The molecule has 0 bridgehead atoms. The fourth-order valence-corrected chi connectivity index (χ4v) is 4.68. The first-order valence-corrected chi connectivity index (χ1v) is 13.0. The van der Waals surface area contributed by atoms with Crippen LogP contribution in [0.2, 0.25) is 0 Å². The zero-order valence-electron chi connectivity index (χ0n) is 20.3. The van der Waals surface area contributed by atoms with E-state index in [0.717, 1.165) is 20.3 Å². The van der Waals surface area contributed by atoms with E-state index in [2.05, 4.69) is 52.0 Å². The summed E-state index contributed by atoms with van der Waals surface area (Å²) in [5.41, 5.74) is 8.69. The molecule has 2 N–H and O–H groups in total. The van der Waals surface area contributed by atoms with E-state index < -0.39 is 11.9 Å². The summed E-state index contributed by atoms with van der Waals surface area (Å²) in [6.45, 7) is 0. The van der Waals surface area contributed by atoms with Crippen molar-refractivity contribution in [3.8, 4) is 11.4 Å². The monoisotopic (exact) mass is 647 g/mol. The van der Waals surface area contributed by atoms with Crippen LogP contribution >= 0.6 is 31.9 Å². The molecule has 0 unspecified atom stereocenters. The van der Waals surface area contributed by atoms with Crippen molar-refractivity contribution in [3.05, 3.63) is 106 Å². The summed E-state index contributed by atoms with van der Waals surface area (Å²) >= 11 is 6.83. The van der Waals surface area contributed by atoms with Gasteiger partial charge in [-0.05, 0) is 60.7 Å². The molecule has 4 aromatic heterocycles. The molecule has 6 aromatic rings. The van der Waals surface area contributed by atoms with Gasteiger partial charge in [0.25, 0.3) is 5.91 Å². The quantitative estimate of drug-likeness (QED) is 0.258. The highest BCUT2D eigenvalue weighted by atomic mass is 79.9. The Balaban J connectivity index is 0.000000158. The van der Waals surface area contributed by atoms with Gasteiger partial charge in [-0.15, -0.1) is 0 Å². The minimum absolute atomic E-state index is 0.225. The van der Waals surface area contributed by atoms with E-state index in [9.17, 15) is 9.59 Å². The molecule has 0 fully saturated rings. The standard InChI is InChI=1S/C14H10BrN3O2.C13H9BrN4O/c1-20-14(19)12-11-6-3-7-16-13(11)18(17-12)10-5-2-4-9(15)8-10;14-8-3-1-4-9(7-8)18-13-10(5-2-6-16-13)11(17-18)12(15)19/h2-8H,1H3;1-7H,(H2,15,19). The Morgan fingerprint density at radius 1 is 0.744 bits per heavy atom. The smallest absolute Gasteiger partial charge is 0.359 e. The lowest BCUT2D eigenvalue weighted by molar-refractivity contribution is 0.0595. The maximum atomic E-state index is 11.8. The Hall–Kier alpha value is -4.42. The fraction of sp³-hybridized carbons (Fsp3) is 0.0370. The van der Waals surface area contributed by atoms with Gasteiger partial charge in [0, 0.05) is 21.3 Å². The van der Waals surface area contributed by atoms with E-state index in [1.165, 1.54) is 7.11 Å². The molecule has 0 saturated carbocycles. The summed E-state index contributed by atoms with van der Waals surface area (Å²) in [6.07, 6.45) is 3.32. The molecule has 6 rings (SSSR count). The van der Waals surface area contributed by atoms with Crippen LogP contribution < -0.4 is 5.73 Å². The van der Waals surface area contributed by atoms with Gasteiger partial charge in [-0.25, -0.2) is 24.1 Å². The summed E-state index contributed by atoms with van der Waals surface area (Å²) in [6, 6.07) is 22.3. The maximum absolute atomic E-state index is 11.8. The van der Waals surface area contributed by atoms with Crippen LogP contribution in [0.15, 0.2) is 94.1 Å². The number of benzene rings is 2. The van der Waals surface area contributed by atoms with E-state index >= 15 is 0 Å².